The lowest BCUT2D eigenvalue weighted by molar-refractivity contribution is 1.08. The van der Waals surface area contributed by atoms with Crippen molar-refractivity contribution in [1.82, 2.24) is 18.9 Å². The van der Waals surface area contributed by atoms with Crippen molar-refractivity contribution in [3.63, 3.8) is 0 Å². The maximum Gasteiger partial charge on any atom is 0.162 e. The monoisotopic (exact) mass is 710 g/mol. The molecule has 4 nitrogen and oxygen atoms in total. The minimum atomic E-state index is 0.708. The van der Waals surface area contributed by atoms with Crippen molar-refractivity contribution >= 4 is 92.3 Å². The van der Waals surface area contributed by atoms with E-state index in [1.54, 1.807) is 0 Å². The van der Waals surface area contributed by atoms with E-state index >= 15 is 0 Å². The van der Waals surface area contributed by atoms with Gasteiger partial charge in [0.2, 0.25) is 0 Å². The predicted molar refractivity (Wildman–Crippen MR) is 234 cm³/mol. The summed E-state index contributed by atoms with van der Waals surface area (Å²) in [5, 5.41) is 13.3. The van der Waals surface area contributed by atoms with Gasteiger partial charge in [-0.15, -0.1) is 0 Å². The third kappa shape index (κ3) is 3.97. The molecule has 0 N–H and O–H groups in total. The molecule has 0 aliphatic heterocycles. The lowest BCUT2D eigenvalue weighted by Crippen LogP contribution is -2.03. The third-order valence-electron chi connectivity index (χ3n) is 12.0. The molecule has 0 unspecified atom stereocenters. The van der Waals surface area contributed by atoms with Crippen LogP contribution in [0.15, 0.2) is 182 Å². The molecule has 258 valence electrons. The van der Waals surface area contributed by atoms with Crippen molar-refractivity contribution in [2.24, 2.45) is 0 Å². The predicted octanol–water partition coefficient (Wildman–Crippen LogP) is 13.5. The zero-order valence-corrected chi connectivity index (χ0v) is 30.1. The van der Waals surface area contributed by atoms with Crippen molar-refractivity contribution in [2.75, 3.05) is 0 Å². The van der Waals surface area contributed by atoms with Crippen LogP contribution in [-0.2, 0) is 0 Å². The van der Waals surface area contributed by atoms with Crippen LogP contribution in [0.1, 0.15) is 0 Å². The summed E-state index contributed by atoms with van der Waals surface area (Å²) in [4.78, 5) is 10.8. The largest absolute Gasteiger partial charge is 0.308 e. The van der Waals surface area contributed by atoms with Crippen molar-refractivity contribution in [3.8, 4) is 28.3 Å². The number of rotatable bonds is 3. The van der Waals surface area contributed by atoms with Gasteiger partial charge in [-0.05, 0) is 81.2 Å². The second-order valence-corrected chi connectivity index (χ2v) is 15.0. The zero-order valence-electron chi connectivity index (χ0n) is 30.1. The number of hydrogen-bond donors (Lipinski definition) is 0. The number of para-hydroxylation sites is 3. The van der Waals surface area contributed by atoms with Gasteiger partial charge in [0, 0.05) is 43.3 Å². The summed E-state index contributed by atoms with van der Waals surface area (Å²) in [5.74, 6) is 1.59. The van der Waals surface area contributed by atoms with Crippen molar-refractivity contribution in [1.29, 1.82) is 0 Å². The topological polar surface area (TPSA) is 35.1 Å². The van der Waals surface area contributed by atoms with Gasteiger partial charge in [-0.25, -0.2) is 9.97 Å². The first kappa shape index (κ1) is 29.8. The Balaban J connectivity index is 1.16. The standard InChI is InChI=1S/C52H30N4/c1-2-12-31(13-3-1)33-25-27-47-41(29-33)43-30-42-38-16-7-10-20-45(38)56(50(42)48-40-18-8-11-21-46(40)55(47)49(43)48)52-39-17-6-9-19-44(39)53-51(54-52)35-24-26-37-34(28-35)23-22-32-14-4-5-15-36(32)37/h1-30H. The van der Waals surface area contributed by atoms with E-state index in [1.807, 2.05) is 0 Å². The Morgan fingerprint density at radius 2 is 1.00 bits per heavy atom. The van der Waals surface area contributed by atoms with Gasteiger partial charge in [0.05, 0.1) is 33.1 Å². The molecule has 0 radical (unpaired) electrons. The van der Waals surface area contributed by atoms with Gasteiger partial charge in [-0.3, -0.25) is 4.57 Å². The summed E-state index contributed by atoms with van der Waals surface area (Å²) in [6, 6.07) is 65.8. The molecule has 4 heterocycles. The summed E-state index contributed by atoms with van der Waals surface area (Å²) >= 11 is 0. The highest BCUT2D eigenvalue weighted by Crippen LogP contribution is 2.47. The SMILES string of the molecule is c1ccc(-c2ccc3c(c2)c2cc4c5ccccc5n(-c5nc(-c6ccc7c(ccc8ccccc87)c6)nc6ccccc56)c4c4c5ccccc5n3c24)cc1. The fraction of sp³-hybridized carbons (Fsp3) is 0. The molecule has 0 aliphatic rings. The summed E-state index contributed by atoms with van der Waals surface area (Å²) in [6.07, 6.45) is 0. The zero-order chi connectivity index (χ0) is 36.5. The fourth-order valence-corrected chi connectivity index (χ4v) is 9.55. The van der Waals surface area contributed by atoms with Crippen LogP contribution in [0.25, 0.3) is 121 Å². The first-order valence-corrected chi connectivity index (χ1v) is 19.2. The van der Waals surface area contributed by atoms with Gasteiger partial charge in [-0.1, -0.05) is 133 Å². The van der Waals surface area contributed by atoms with Crippen molar-refractivity contribution < 1.29 is 0 Å². The van der Waals surface area contributed by atoms with E-state index in [-0.39, 0.29) is 0 Å². The smallest absolute Gasteiger partial charge is 0.162 e. The Morgan fingerprint density at radius 3 is 1.89 bits per heavy atom. The van der Waals surface area contributed by atoms with Crippen LogP contribution < -0.4 is 0 Å². The van der Waals surface area contributed by atoms with Gasteiger partial charge < -0.3 is 4.40 Å². The van der Waals surface area contributed by atoms with E-state index in [2.05, 4.69) is 191 Å². The maximum atomic E-state index is 5.54. The van der Waals surface area contributed by atoms with Gasteiger partial charge in [-0.2, -0.15) is 0 Å². The summed E-state index contributed by atoms with van der Waals surface area (Å²) in [5.41, 5.74) is 10.3. The van der Waals surface area contributed by atoms with Gasteiger partial charge in [0.1, 0.15) is 5.82 Å². The average molecular weight is 711 g/mol. The third-order valence-corrected chi connectivity index (χ3v) is 12.0. The quantitative estimate of drug-likeness (QED) is 0.171. The summed E-state index contributed by atoms with van der Waals surface area (Å²) < 4.78 is 4.90. The Morgan fingerprint density at radius 1 is 0.339 bits per heavy atom. The van der Waals surface area contributed by atoms with E-state index in [0.717, 1.165) is 33.3 Å². The number of aromatic nitrogens is 4. The fourth-order valence-electron chi connectivity index (χ4n) is 9.55. The van der Waals surface area contributed by atoms with Gasteiger partial charge in [0.25, 0.3) is 0 Å². The molecule has 13 rings (SSSR count). The molecule has 4 aromatic heterocycles. The first-order valence-electron chi connectivity index (χ1n) is 19.2. The minimum Gasteiger partial charge on any atom is -0.308 e. The Kier molecular flexibility index (Phi) is 5.86. The summed E-state index contributed by atoms with van der Waals surface area (Å²) in [7, 11) is 0. The highest BCUT2D eigenvalue weighted by Gasteiger charge is 2.26. The van der Waals surface area contributed by atoms with E-state index in [9.17, 15) is 0 Å². The highest BCUT2D eigenvalue weighted by atomic mass is 15.1. The van der Waals surface area contributed by atoms with Crippen LogP contribution in [0.2, 0.25) is 0 Å². The Bertz CT molecular complexity index is 3760. The maximum absolute atomic E-state index is 5.54. The molecule has 4 heteroatoms. The van der Waals surface area contributed by atoms with Gasteiger partial charge in [0.15, 0.2) is 5.82 Å². The van der Waals surface area contributed by atoms with E-state index in [4.69, 9.17) is 9.97 Å². The van der Waals surface area contributed by atoms with Crippen LogP contribution in [0, 0.1) is 0 Å². The van der Waals surface area contributed by atoms with Crippen molar-refractivity contribution in [3.05, 3.63) is 182 Å². The van der Waals surface area contributed by atoms with E-state index in [1.165, 1.54) is 81.5 Å². The van der Waals surface area contributed by atoms with Crippen molar-refractivity contribution in [2.45, 2.75) is 0 Å². The van der Waals surface area contributed by atoms with Crippen LogP contribution in [-0.4, -0.2) is 18.9 Å². The number of hydrogen-bond acceptors (Lipinski definition) is 2. The van der Waals surface area contributed by atoms with Crippen LogP contribution >= 0.6 is 0 Å². The molecule has 0 saturated carbocycles. The molecule has 0 saturated heterocycles. The molecule has 0 fully saturated rings. The second kappa shape index (κ2) is 11.0. The van der Waals surface area contributed by atoms with E-state index in [0.29, 0.717) is 5.82 Å². The Hall–Kier alpha value is -7.56. The number of nitrogens with zero attached hydrogens (tertiary/aromatic N) is 4. The van der Waals surface area contributed by atoms with E-state index < -0.39 is 0 Å². The molecule has 0 atom stereocenters. The highest BCUT2D eigenvalue weighted by molar-refractivity contribution is 6.34. The van der Waals surface area contributed by atoms with Crippen LogP contribution in [0.3, 0.4) is 0 Å². The average Bonchev–Trinajstić information content (AvgIpc) is 3.90. The number of fused-ring (bicyclic) bond motifs is 14. The first-order chi connectivity index (χ1) is 27.8. The molecule has 0 spiro atoms. The lowest BCUT2D eigenvalue weighted by Gasteiger charge is -2.14. The normalized spacial score (nSPS) is 12.3. The summed E-state index contributed by atoms with van der Waals surface area (Å²) in [6.45, 7) is 0. The molecule has 0 aliphatic carbocycles. The minimum absolute atomic E-state index is 0.708. The Labute approximate surface area is 320 Å². The van der Waals surface area contributed by atoms with Gasteiger partial charge >= 0.3 is 0 Å². The molecule has 13 aromatic rings. The molecular formula is C52H30N4. The molecule has 9 aromatic carbocycles. The molecule has 0 amide bonds. The molecule has 0 bridgehead atoms. The van der Waals surface area contributed by atoms with Crippen LogP contribution in [0.4, 0.5) is 0 Å². The molecule has 56 heavy (non-hydrogen) atoms. The van der Waals surface area contributed by atoms with Crippen LogP contribution in [0.5, 0.6) is 0 Å². The second-order valence-electron chi connectivity index (χ2n) is 15.0. The molecular weight excluding hydrogens is 681 g/mol. The lowest BCUT2D eigenvalue weighted by atomic mass is 10.00. The number of benzene rings is 9.